The topological polar surface area (TPSA) is 0 Å². The second-order valence-corrected chi connectivity index (χ2v) is 3.46. The van der Waals surface area contributed by atoms with Crippen LogP contribution < -0.4 is 0 Å². The van der Waals surface area contributed by atoms with Crippen molar-refractivity contribution < 1.29 is 0 Å². The standard InChI is InChI=1S/C12H24/c1-3-5-7-9-11-12-10-8-6-4-2/h9,11H,3-8,10,12H2,1-2H3/b11-9+. The molecule has 0 aliphatic rings. The van der Waals surface area contributed by atoms with Gasteiger partial charge in [-0.1, -0.05) is 58.1 Å². The van der Waals surface area contributed by atoms with Gasteiger partial charge in [0.25, 0.3) is 0 Å². The molecule has 0 nitrogen and oxygen atoms in total. The molecule has 0 radical (unpaired) electrons. The fourth-order valence-corrected chi connectivity index (χ4v) is 1.25. The van der Waals surface area contributed by atoms with Crippen molar-refractivity contribution in [1.82, 2.24) is 0 Å². The lowest BCUT2D eigenvalue weighted by Crippen LogP contribution is -1.74. The molecule has 0 unspecified atom stereocenters. The summed E-state index contributed by atoms with van der Waals surface area (Å²) in [6.45, 7) is 4.51. The summed E-state index contributed by atoms with van der Waals surface area (Å²) in [6.07, 6.45) is 15.5. The van der Waals surface area contributed by atoms with E-state index in [4.69, 9.17) is 0 Å². The average molecular weight is 168 g/mol. The lowest BCUT2D eigenvalue weighted by atomic mass is 10.1. The van der Waals surface area contributed by atoms with Crippen LogP contribution in [0.5, 0.6) is 0 Å². The number of unbranched alkanes of at least 4 members (excludes halogenated alkanes) is 6. The summed E-state index contributed by atoms with van der Waals surface area (Å²) in [6, 6.07) is 0. The highest BCUT2D eigenvalue weighted by molar-refractivity contribution is 4.80. The van der Waals surface area contributed by atoms with Crippen molar-refractivity contribution in [2.45, 2.75) is 65.2 Å². The van der Waals surface area contributed by atoms with Crippen molar-refractivity contribution in [2.75, 3.05) is 0 Å². The van der Waals surface area contributed by atoms with Gasteiger partial charge < -0.3 is 0 Å². The van der Waals surface area contributed by atoms with Crippen molar-refractivity contribution in [2.24, 2.45) is 0 Å². The van der Waals surface area contributed by atoms with Crippen LogP contribution in [0.3, 0.4) is 0 Å². The summed E-state index contributed by atoms with van der Waals surface area (Å²) in [5.41, 5.74) is 0. The summed E-state index contributed by atoms with van der Waals surface area (Å²) >= 11 is 0. The molecule has 0 aromatic carbocycles. The van der Waals surface area contributed by atoms with Crippen molar-refractivity contribution in [3.05, 3.63) is 12.2 Å². The molecule has 0 saturated heterocycles. The molecule has 0 heteroatoms. The molecule has 0 bridgehead atoms. The van der Waals surface area contributed by atoms with Crippen LogP contribution in [0.2, 0.25) is 0 Å². The molecule has 0 fully saturated rings. The maximum atomic E-state index is 2.35. The van der Waals surface area contributed by atoms with Crippen molar-refractivity contribution in [3.8, 4) is 0 Å². The van der Waals surface area contributed by atoms with E-state index in [1.165, 1.54) is 51.4 Å². The minimum atomic E-state index is 1.28. The van der Waals surface area contributed by atoms with Crippen LogP contribution in [0, 0.1) is 0 Å². The van der Waals surface area contributed by atoms with Crippen LogP contribution in [-0.2, 0) is 0 Å². The van der Waals surface area contributed by atoms with Gasteiger partial charge in [-0.05, 0) is 19.3 Å². The largest absolute Gasteiger partial charge is 0.0885 e. The monoisotopic (exact) mass is 168 g/mol. The van der Waals surface area contributed by atoms with Gasteiger partial charge in [0.05, 0.1) is 0 Å². The quantitative estimate of drug-likeness (QED) is 0.364. The van der Waals surface area contributed by atoms with E-state index in [9.17, 15) is 0 Å². The number of hydrogen-bond acceptors (Lipinski definition) is 0. The third kappa shape index (κ3) is 9.74. The van der Waals surface area contributed by atoms with E-state index in [0.29, 0.717) is 0 Å². The molecular weight excluding hydrogens is 144 g/mol. The molecule has 0 spiro atoms. The SMILES string of the molecule is CCCC/C=C/CCCCCC. The molecule has 0 heterocycles. The van der Waals surface area contributed by atoms with Gasteiger partial charge >= 0.3 is 0 Å². The smallest absolute Gasteiger partial charge is 0.0351 e. The Morgan fingerprint density at radius 2 is 1.25 bits per heavy atom. The zero-order valence-corrected chi connectivity index (χ0v) is 8.81. The van der Waals surface area contributed by atoms with E-state index >= 15 is 0 Å². The van der Waals surface area contributed by atoms with E-state index < -0.39 is 0 Å². The van der Waals surface area contributed by atoms with Crippen LogP contribution in [-0.4, -0.2) is 0 Å². The Labute approximate surface area is 78.1 Å². The molecule has 0 saturated carbocycles. The van der Waals surface area contributed by atoms with Gasteiger partial charge in [-0.15, -0.1) is 0 Å². The summed E-state index contributed by atoms with van der Waals surface area (Å²) < 4.78 is 0. The minimum Gasteiger partial charge on any atom is -0.0885 e. The van der Waals surface area contributed by atoms with E-state index in [0.717, 1.165) is 0 Å². The van der Waals surface area contributed by atoms with Crippen LogP contribution in [0.25, 0.3) is 0 Å². The average Bonchev–Trinajstić information content (AvgIpc) is 2.10. The Kier molecular flexibility index (Phi) is 10.5. The molecule has 0 aromatic heterocycles. The second-order valence-electron chi connectivity index (χ2n) is 3.46. The van der Waals surface area contributed by atoms with Gasteiger partial charge in [0.1, 0.15) is 0 Å². The first-order valence-corrected chi connectivity index (χ1v) is 5.56. The Hall–Kier alpha value is -0.260. The first-order chi connectivity index (χ1) is 5.91. The van der Waals surface area contributed by atoms with Gasteiger partial charge in [-0.3, -0.25) is 0 Å². The lowest BCUT2D eigenvalue weighted by Gasteiger charge is -1.94. The molecule has 12 heavy (non-hydrogen) atoms. The predicted molar refractivity (Wildman–Crippen MR) is 57.4 cm³/mol. The van der Waals surface area contributed by atoms with Gasteiger partial charge in [0.15, 0.2) is 0 Å². The van der Waals surface area contributed by atoms with Crippen LogP contribution in [0.4, 0.5) is 0 Å². The second kappa shape index (κ2) is 10.7. The highest BCUT2D eigenvalue weighted by Crippen LogP contribution is 2.04. The zero-order valence-electron chi connectivity index (χ0n) is 8.81. The van der Waals surface area contributed by atoms with Gasteiger partial charge in [-0.25, -0.2) is 0 Å². The first-order valence-electron chi connectivity index (χ1n) is 5.56. The number of allylic oxidation sites excluding steroid dienone is 2. The Bertz CT molecular complexity index is 92.2. The molecule has 0 N–H and O–H groups in total. The van der Waals surface area contributed by atoms with Gasteiger partial charge in [0.2, 0.25) is 0 Å². The van der Waals surface area contributed by atoms with Crippen molar-refractivity contribution >= 4 is 0 Å². The van der Waals surface area contributed by atoms with E-state index in [1.54, 1.807) is 0 Å². The van der Waals surface area contributed by atoms with Crippen molar-refractivity contribution in [3.63, 3.8) is 0 Å². The third-order valence-corrected chi connectivity index (χ3v) is 2.12. The molecule has 0 aliphatic heterocycles. The zero-order chi connectivity index (χ0) is 9.07. The highest BCUT2D eigenvalue weighted by atomic mass is 13.9. The first kappa shape index (κ1) is 11.7. The highest BCUT2D eigenvalue weighted by Gasteiger charge is 1.84. The van der Waals surface area contributed by atoms with Gasteiger partial charge in [-0.2, -0.15) is 0 Å². The number of hydrogen-bond donors (Lipinski definition) is 0. The molecule has 0 atom stereocenters. The predicted octanol–water partition coefficient (Wildman–Crippen LogP) is 4.70. The Morgan fingerprint density at radius 3 is 1.83 bits per heavy atom. The summed E-state index contributed by atoms with van der Waals surface area (Å²) in [7, 11) is 0. The third-order valence-electron chi connectivity index (χ3n) is 2.12. The van der Waals surface area contributed by atoms with E-state index in [1.807, 2.05) is 0 Å². The van der Waals surface area contributed by atoms with E-state index in [-0.39, 0.29) is 0 Å². The van der Waals surface area contributed by atoms with Crippen LogP contribution in [0.1, 0.15) is 65.2 Å². The summed E-state index contributed by atoms with van der Waals surface area (Å²) in [5.74, 6) is 0. The maximum Gasteiger partial charge on any atom is -0.0351 e. The molecule has 72 valence electrons. The van der Waals surface area contributed by atoms with Crippen LogP contribution >= 0.6 is 0 Å². The normalized spacial score (nSPS) is 11.2. The Morgan fingerprint density at radius 1 is 0.667 bits per heavy atom. The molecule has 0 rings (SSSR count). The fraction of sp³-hybridized carbons (Fsp3) is 0.833. The molecule has 0 aliphatic carbocycles. The molecule has 0 aromatic rings. The molecular formula is C12H24. The minimum absolute atomic E-state index is 1.28. The Balaban J connectivity index is 2.92. The van der Waals surface area contributed by atoms with Crippen LogP contribution in [0.15, 0.2) is 12.2 Å². The summed E-state index contributed by atoms with van der Waals surface area (Å²) in [5, 5.41) is 0. The lowest BCUT2D eigenvalue weighted by molar-refractivity contribution is 0.673. The van der Waals surface area contributed by atoms with Gasteiger partial charge in [0, 0.05) is 0 Å². The summed E-state index contributed by atoms with van der Waals surface area (Å²) in [4.78, 5) is 0. The fourth-order valence-electron chi connectivity index (χ4n) is 1.25. The molecule has 0 amide bonds. The number of rotatable bonds is 8. The van der Waals surface area contributed by atoms with Crippen molar-refractivity contribution in [1.29, 1.82) is 0 Å². The van der Waals surface area contributed by atoms with E-state index in [2.05, 4.69) is 26.0 Å². The maximum absolute atomic E-state index is 2.35.